The predicted octanol–water partition coefficient (Wildman–Crippen LogP) is 0.944. The minimum absolute atomic E-state index is 0.107. The van der Waals surface area contributed by atoms with E-state index in [1.54, 1.807) is 41.5 Å². The molecule has 11 heterocycles. The lowest BCUT2D eigenvalue weighted by molar-refractivity contribution is -0.415. The molecule has 0 aromatic heterocycles. The molecule has 0 radical (unpaired) electrons. The fourth-order valence-electron chi connectivity index (χ4n) is 16.9. The maximum atomic E-state index is 14.3. The van der Waals surface area contributed by atoms with Crippen LogP contribution in [0.1, 0.15) is 99.6 Å². The quantitative estimate of drug-likeness (QED) is 0.0833. The number of nitrogens with two attached hydrogens (primary N) is 1. The van der Waals surface area contributed by atoms with Gasteiger partial charge in [-0.15, -0.1) is 0 Å². The largest absolute Gasteiger partial charge is 0.508 e. The van der Waals surface area contributed by atoms with Crippen LogP contribution in [0, 0.1) is 13.8 Å². The SMILES string of the molecule is COC[C@H]1O[C@@H](O[C@@H]2OC[C@@H]3O[C@@]4(OC[C@@H](OC(=O)c5c(C)cc(O)cc5O)[C@@H]5OCO[C@H]54)O[C@H]3[C@H]2O)[C@@H](OC)[C@@H](O)[C@@H]1O[C@@H]1O[C@H](C)[C@H](OC)[C@H](O[C@@H]2O[C@H](C)[C@H]3O[C@]4(C[C@@H](O)[C@H](O[C@H]5C[C@@H](O[C@H]6C[C@](C)(N)[C@@H](OC)[C@H](C)O6)[C@H](OC(=O)c6c(C)c(Cl)c(O)c(Cl)c6OC)[C@@H](C)O5)[C@@H](C)O4)O[C@]3(C)[C@@H]2O)[C@H]1O. The standard InChI is InChI=1S/C70H99Cl2NO36/c1-24-15-31(74)16-32(75)40(24)61(82)98-36-22-92-70(60-53(36)90-23-91-60)106-37-21-89-63(46(79)52(37)107-70)104-65-56(87-13)45(78)51(35(99-65)20-84-10)102-64-47(80)55(50(85-11)27(4)95-64)103-66-57(81)68(9)59(30(7)96-66)108-69(109-68)18-33(76)48(28(5)105-69)100-38-17-34(97-39-19-67(8,73)58(88-14)29(6)94-39)49(26(3)93-38)101-62(83)41-25(2)42(71)44(77)43(72)54(41)86-12/h15-16,26-30,33-39,45-53,55-60,63-66,74-81H,17-23,73H2,1-14H3/t26-,27-,28-,29+,30-,33-,34-,35-,36-,37+,38+,39+,45+,46-,47-,48-,49-,50+,51-,52-,53+,55-,56+,57-,58+,59-,60-,63+,64+,65+,66+,67+,68-,69-,70-/m1/s1. The van der Waals surface area contributed by atoms with Crippen molar-refractivity contribution in [3.05, 3.63) is 44.4 Å². The van der Waals surface area contributed by atoms with E-state index in [1.165, 1.54) is 55.5 Å². The average Bonchev–Trinajstić information content (AvgIpc) is 1.58. The van der Waals surface area contributed by atoms with Gasteiger partial charge in [0.1, 0.15) is 138 Å². The van der Waals surface area contributed by atoms with E-state index >= 15 is 0 Å². The number of halogens is 2. The average molecular weight is 1600 g/mol. The number of hydrogen-bond acceptors (Lipinski definition) is 37. The van der Waals surface area contributed by atoms with Crippen molar-refractivity contribution >= 4 is 35.1 Å². The Morgan fingerprint density at radius 3 is 1.97 bits per heavy atom. The Hall–Kier alpha value is -4.00. The number of aryl methyl sites for hydroxylation is 1. The number of carbonyl (C=O) groups excluding carboxylic acids is 2. The molecule has 11 saturated heterocycles. The molecule has 2 spiro atoms. The predicted molar refractivity (Wildman–Crippen MR) is 360 cm³/mol. The summed E-state index contributed by atoms with van der Waals surface area (Å²) in [5, 5.41) is 91.6. The van der Waals surface area contributed by atoms with Gasteiger partial charge in [0.15, 0.2) is 67.6 Å². The number of aliphatic hydroxyl groups is 5. The first kappa shape index (κ1) is 83.0. The fourth-order valence-corrected chi connectivity index (χ4v) is 17.4. The van der Waals surface area contributed by atoms with Crippen LogP contribution in [-0.4, -0.2) is 328 Å². The molecule has 37 nitrogen and oxygen atoms in total. The summed E-state index contributed by atoms with van der Waals surface area (Å²) in [6.07, 6.45) is -38.0. The number of rotatable bonds is 20. The van der Waals surface area contributed by atoms with Gasteiger partial charge in [0.25, 0.3) is 5.97 Å². The van der Waals surface area contributed by atoms with Gasteiger partial charge in [-0.2, -0.15) is 0 Å². The number of hydrogen-bond donors (Lipinski definition) is 9. The maximum Gasteiger partial charge on any atom is 0.342 e. The topological polar surface area (TPSA) is 462 Å². The van der Waals surface area contributed by atoms with Crippen LogP contribution in [0.2, 0.25) is 10.0 Å². The molecule has 10 N–H and O–H groups in total. The Morgan fingerprint density at radius 1 is 0.596 bits per heavy atom. The van der Waals surface area contributed by atoms with Crippen molar-refractivity contribution in [1.82, 2.24) is 0 Å². The lowest BCUT2D eigenvalue weighted by Gasteiger charge is -2.50. The zero-order valence-electron chi connectivity index (χ0n) is 62.3. The van der Waals surface area contributed by atoms with Crippen LogP contribution in [0.5, 0.6) is 23.0 Å². The molecule has 0 aliphatic carbocycles. The number of fused-ring (bicyclic) bond motifs is 4. The Kier molecular flexibility index (Phi) is 24.8. The van der Waals surface area contributed by atoms with E-state index < -0.39 is 237 Å². The third kappa shape index (κ3) is 15.5. The van der Waals surface area contributed by atoms with Crippen LogP contribution in [0.25, 0.3) is 0 Å². The van der Waals surface area contributed by atoms with Gasteiger partial charge < -0.3 is 170 Å². The van der Waals surface area contributed by atoms with Gasteiger partial charge in [-0.1, -0.05) is 23.2 Å². The summed E-state index contributed by atoms with van der Waals surface area (Å²) in [6, 6.07) is 2.29. The van der Waals surface area contributed by atoms with E-state index in [9.17, 15) is 50.4 Å². The molecule has 2 aromatic carbocycles. The Labute approximate surface area is 636 Å². The number of aromatic hydroxyl groups is 3. The molecule has 0 bridgehead atoms. The zero-order chi connectivity index (χ0) is 78.6. The molecule has 109 heavy (non-hydrogen) atoms. The van der Waals surface area contributed by atoms with Crippen molar-refractivity contribution in [3.63, 3.8) is 0 Å². The van der Waals surface area contributed by atoms with E-state index in [1.807, 2.05) is 6.92 Å². The van der Waals surface area contributed by atoms with E-state index in [-0.39, 0.29) is 89.7 Å². The summed E-state index contributed by atoms with van der Waals surface area (Å²) in [6.45, 7) is 13.6. The number of carbonyl (C=O) groups is 2. The van der Waals surface area contributed by atoms with Crippen LogP contribution in [0.4, 0.5) is 0 Å². The molecule has 11 fully saturated rings. The first-order chi connectivity index (χ1) is 51.6. The van der Waals surface area contributed by atoms with E-state index in [4.69, 9.17) is 152 Å². The molecule has 614 valence electrons. The minimum Gasteiger partial charge on any atom is -0.508 e. The van der Waals surface area contributed by atoms with Gasteiger partial charge in [0, 0.05) is 52.9 Å². The summed E-state index contributed by atoms with van der Waals surface area (Å²) in [4.78, 5) is 27.6. The molecule has 0 saturated carbocycles. The Balaban J connectivity index is 0.640. The smallest absolute Gasteiger partial charge is 0.342 e. The summed E-state index contributed by atoms with van der Waals surface area (Å²) in [5.74, 6) is -7.28. The Bertz CT molecular complexity index is 3510. The van der Waals surface area contributed by atoms with Crippen molar-refractivity contribution < 1.29 is 174 Å². The van der Waals surface area contributed by atoms with Crippen LogP contribution < -0.4 is 10.5 Å². The lowest BCUT2D eigenvalue weighted by atomic mass is 9.86. The number of esters is 2. The highest BCUT2D eigenvalue weighted by atomic mass is 35.5. The highest BCUT2D eigenvalue weighted by Crippen LogP contribution is 2.53. The first-order valence-electron chi connectivity index (χ1n) is 36.0. The van der Waals surface area contributed by atoms with Crippen LogP contribution in [0.15, 0.2) is 12.1 Å². The molecule has 2 aromatic rings. The van der Waals surface area contributed by atoms with E-state index in [0.717, 1.165) is 6.07 Å². The van der Waals surface area contributed by atoms with Crippen molar-refractivity contribution in [3.8, 4) is 23.0 Å². The molecule has 11 aliphatic heterocycles. The van der Waals surface area contributed by atoms with Crippen LogP contribution in [-0.2, 0) is 118 Å². The number of phenolic OH excluding ortho intramolecular Hbond substituents is 3. The number of ether oxygens (including phenoxy) is 26. The van der Waals surface area contributed by atoms with Gasteiger partial charge in [-0.05, 0) is 79.5 Å². The molecule has 13 rings (SSSR count). The van der Waals surface area contributed by atoms with Gasteiger partial charge in [-0.3, -0.25) is 0 Å². The first-order valence-corrected chi connectivity index (χ1v) is 36.8. The van der Waals surface area contributed by atoms with Gasteiger partial charge in [0.2, 0.25) is 0 Å². The molecule has 0 unspecified atom stereocenters. The van der Waals surface area contributed by atoms with Crippen LogP contribution >= 0.6 is 23.2 Å². The van der Waals surface area contributed by atoms with Gasteiger partial charge in [0.05, 0.1) is 75.0 Å². The summed E-state index contributed by atoms with van der Waals surface area (Å²) in [5.41, 5.74) is 4.18. The zero-order valence-corrected chi connectivity index (χ0v) is 63.9. The van der Waals surface area contributed by atoms with Crippen molar-refractivity contribution in [2.24, 2.45) is 5.73 Å². The summed E-state index contributed by atoms with van der Waals surface area (Å²) in [7, 11) is 6.80. The molecule has 11 aliphatic rings. The van der Waals surface area contributed by atoms with E-state index in [0.29, 0.717) is 0 Å². The molecular weight excluding hydrogens is 1500 g/mol. The summed E-state index contributed by atoms with van der Waals surface area (Å²) >= 11 is 12.8. The number of phenols is 3. The summed E-state index contributed by atoms with van der Waals surface area (Å²) < 4.78 is 160. The van der Waals surface area contributed by atoms with Gasteiger partial charge >= 0.3 is 17.9 Å². The van der Waals surface area contributed by atoms with E-state index in [2.05, 4.69) is 0 Å². The molecule has 39 heteroatoms. The number of benzene rings is 2. The monoisotopic (exact) mass is 1600 g/mol. The van der Waals surface area contributed by atoms with Crippen molar-refractivity contribution in [2.45, 2.75) is 295 Å². The fraction of sp³-hybridized carbons (Fsp3) is 0.800. The second-order valence-corrected chi connectivity index (χ2v) is 30.5. The second kappa shape index (κ2) is 32.6. The molecular formula is C70H99Cl2NO36. The Morgan fingerprint density at radius 2 is 1.29 bits per heavy atom. The third-order valence-corrected chi connectivity index (χ3v) is 23.0. The molecule has 35 atom stereocenters. The molecule has 0 amide bonds. The maximum absolute atomic E-state index is 14.3. The second-order valence-electron chi connectivity index (χ2n) is 29.8. The third-order valence-electron chi connectivity index (χ3n) is 22.1. The minimum atomic E-state index is -2.02. The van der Waals surface area contributed by atoms with Crippen LogP contribution in [0.3, 0.4) is 0 Å². The van der Waals surface area contributed by atoms with Crippen molar-refractivity contribution in [1.29, 1.82) is 0 Å². The number of methoxy groups -OCH3 is 5. The van der Waals surface area contributed by atoms with Gasteiger partial charge in [-0.25, -0.2) is 9.59 Å². The van der Waals surface area contributed by atoms with Crippen molar-refractivity contribution in [2.75, 3.05) is 62.2 Å². The highest BCUT2D eigenvalue weighted by molar-refractivity contribution is 6.39. The lowest BCUT2D eigenvalue weighted by Crippen LogP contribution is -2.68. The highest BCUT2D eigenvalue weighted by Gasteiger charge is 2.70. The number of aliphatic hydroxyl groups excluding tert-OH is 5. The normalized spacial score (nSPS) is 46.3.